The van der Waals surface area contributed by atoms with E-state index in [1.807, 2.05) is 55.5 Å². The molecule has 0 radical (unpaired) electrons. The largest absolute Gasteiger partial charge is 0.360 e. The second-order valence-corrected chi connectivity index (χ2v) is 6.24. The third kappa shape index (κ3) is 4.33. The molecule has 0 saturated carbocycles. The smallest absolute Gasteiger partial charge is 0.263 e. The number of imidazole rings is 1. The molecule has 27 heavy (non-hydrogen) atoms. The summed E-state index contributed by atoms with van der Waals surface area (Å²) in [6.07, 6.45) is 4.00. The number of carbonyl (C=O) groups excluding carboxylic acids is 1. The summed E-state index contributed by atoms with van der Waals surface area (Å²) in [6, 6.07) is 15.4. The Kier molecular flexibility index (Phi) is 5.53. The number of rotatable bonds is 6. The van der Waals surface area contributed by atoms with Crippen molar-refractivity contribution in [3.8, 4) is 6.07 Å². The number of aryl methyl sites for hydroxylation is 1. The summed E-state index contributed by atoms with van der Waals surface area (Å²) >= 11 is 0. The van der Waals surface area contributed by atoms with Crippen LogP contribution < -0.4 is 10.6 Å². The average Bonchev–Trinajstić information content (AvgIpc) is 3.16. The Hall–Kier alpha value is -3.59. The number of hydrogen-bond acceptors (Lipinski definition) is 4. The quantitative estimate of drug-likeness (QED) is 0.461. The second-order valence-electron chi connectivity index (χ2n) is 6.24. The lowest BCUT2D eigenvalue weighted by Crippen LogP contribution is -2.28. The molecule has 1 heterocycles. The van der Waals surface area contributed by atoms with Gasteiger partial charge in [0.05, 0.1) is 23.4 Å². The van der Waals surface area contributed by atoms with Crippen molar-refractivity contribution >= 4 is 22.6 Å². The SMILES string of the molecule is CCc1ccc(C(C)NC(=O)/C(C#N)=C\Nc2ccc3nc[nH]c3c2)cc1. The van der Waals surface area contributed by atoms with Crippen molar-refractivity contribution in [1.29, 1.82) is 5.26 Å². The molecule has 1 aromatic heterocycles. The van der Waals surface area contributed by atoms with Crippen molar-refractivity contribution in [2.24, 2.45) is 0 Å². The van der Waals surface area contributed by atoms with Crippen LogP contribution in [-0.4, -0.2) is 15.9 Å². The van der Waals surface area contributed by atoms with Crippen molar-refractivity contribution in [3.63, 3.8) is 0 Å². The molecule has 0 bridgehead atoms. The average molecular weight is 359 g/mol. The van der Waals surface area contributed by atoms with Gasteiger partial charge < -0.3 is 15.6 Å². The van der Waals surface area contributed by atoms with Crippen LogP contribution in [0.4, 0.5) is 5.69 Å². The van der Waals surface area contributed by atoms with Crippen LogP contribution in [0.3, 0.4) is 0 Å². The van der Waals surface area contributed by atoms with Gasteiger partial charge in [-0.15, -0.1) is 0 Å². The van der Waals surface area contributed by atoms with Crippen LogP contribution in [-0.2, 0) is 11.2 Å². The highest BCUT2D eigenvalue weighted by atomic mass is 16.1. The molecular weight excluding hydrogens is 338 g/mol. The van der Waals surface area contributed by atoms with Crippen LogP contribution in [0.25, 0.3) is 11.0 Å². The Morgan fingerprint density at radius 3 is 2.78 bits per heavy atom. The van der Waals surface area contributed by atoms with Gasteiger partial charge in [0, 0.05) is 11.9 Å². The van der Waals surface area contributed by atoms with Gasteiger partial charge in [-0.1, -0.05) is 31.2 Å². The van der Waals surface area contributed by atoms with Gasteiger partial charge in [0.2, 0.25) is 0 Å². The van der Waals surface area contributed by atoms with E-state index in [0.717, 1.165) is 28.7 Å². The molecule has 1 amide bonds. The third-order valence-electron chi connectivity index (χ3n) is 4.40. The highest BCUT2D eigenvalue weighted by molar-refractivity contribution is 5.97. The molecule has 0 aliphatic carbocycles. The van der Waals surface area contributed by atoms with Gasteiger partial charge in [-0.3, -0.25) is 4.79 Å². The number of nitriles is 1. The number of amides is 1. The summed E-state index contributed by atoms with van der Waals surface area (Å²) in [5.74, 6) is -0.417. The number of carbonyl (C=O) groups is 1. The summed E-state index contributed by atoms with van der Waals surface area (Å²) in [4.78, 5) is 19.6. The zero-order valence-corrected chi connectivity index (χ0v) is 15.3. The zero-order valence-electron chi connectivity index (χ0n) is 15.3. The molecule has 1 atom stereocenters. The van der Waals surface area contributed by atoms with Gasteiger partial charge in [-0.2, -0.15) is 5.26 Å². The van der Waals surface area contributed by atoms with Crippen LogP contribution in [0.2, 0.25) is 0 Å². The van der Waals surface area contributed by atoms with Crippen LogP contribution in [0.15, 0.2) is 60.6 Å². The number of aromatic amines is 1. The van der Waals surface area contributed by atoms with Crippen molar-refractivity contribution in [3.05, 3.63) is 71.7 Å². The van der Waals surface area contributed by atoms with Crippen LogP contribution in [0, 0.1) is 11.3 Å². The molecule has 6 heteroatoms. The van der Waals surface area contributed by atoms with E-state index in [-0.39, 0.29) is 11.6 Å². The number of H-pyrrole nitrogens is 1. The highest BCUT2D eigenvalue weighted by Gasteiger charge is 2.13. The number of hydrogen-bond donors (Lipinski definition) is 3. The molecule has 3 N–H and O–H groups in total. The summed E-state index contributed by atoms with van der Waals surface area (Å²) in [5, 5.41) is 15.2. The van der Waals surface area contributed by atoms with Gasteiger partial charge >= 0.3 is 0 Å². The number of fused-ring (bicyclic) bond motifs is 1. The predicted octanol–water partition coefficient (Wildman–Crippen LogP) is 3.82. The first-order valence-corrected chi connectivity index (χ1v) is 8.80. The first-order chi connectivity index (χ1) is 13.1. The van der Waals surface area contributed by atoms with Gasteiger partial charge in [-0.25, -0.2) is 4.98 Å². The Bertz CT molecular complexity index is 1010. The summed E-state index contributed by atoms with van der Waals surface area (Å²) in [5.41, 5.74) is 4.74. The predicted molar refractivity (Wildman–Crippen MR) is 106 cm³/mol. The standard InChI is InChI=1S/C21H21N5O/c1-3-15-4-6-16(7-5-15)14(2)26-21(27)17(11-22)12-23-18-8-9-19-20(10-18)25-13-24-19/h4-10,12-14,23H,3H2,1-2H3,(H,24,25)(H,26,27)/b17-12-. The minimum Gasteiger partial charge on any atom is -0.360 e. The molecule has 2 aromatic carbocycles. The minimum absolute atomic E-state index is 0.0109. The van der Waals surface area contributed by atoms with E-state index in [9.17, 15) is 10.1 Å². The Morgan fingerprint density at radius 1 is 1.30 bits per heavy atom. The van der Waals surface area contributed by atoms with E-state index in [1.54, 1.807) is 6.33 Å². The van der Waals surface area contributed by atoms with E-state index >= 15 is 0 Å². The van der Waals surface area contributed by atoms with Crippen molar-refractivity contribution in [2.75, 3.05) is 5.32 Å². The Labute approximate surface area is 157 Å². The van der Waals surface area contributed by atoms with Crippen LogP contribution in [0.5, 0.6) is 0 Å². The molecule has 136 valence electrons. The second kappa shape index (κ2) is 8.19. The first kappa shape index (κ1) is 18.2. The van der Waals surface area contributed by atoms with Crippen molar-refractivity contribution in [2.45, 2.75) is 26.3 Å². The normalized spacial score (nSPS) is 12.4. The highest BCUT2D eigenvalue weighted by Crippen LogP contribution is 2.17. The molecule has 1 unspecified atom stereocenters. The lowest BCUT2D eigenvalue weighted by atomic mass is 10.0. The van der Waals surface area contributed by atoms with Crippen molar-refractivity contribution in [1.82, 2.24) is 15.3 Å². The Balaban J connectivity index is 1.67. The third-order valence-corrected chi connectivity index (χ3v) is 4.40. The fourth-order valence-corrected chi connectivity index (χ4v) is 2.73. The number of nitrogens with zero attached hydrogens (tertiary/aromatic N) is 2. The number of benzene rings is 2. The van der Waals surface area contributed by atoms with E-state index in [1.165, 1.54) is 11.8 Å². The molecule has 0 aliphatic heterocycles. The number of nitrogens with one attached hydrogen (secondary N) is 3. The summed E-state index contributed by atoms with van der Waals surface area (Å²) < 4.78 is 0. The molecular formula is C21H21N5O. The van der Waals surface area contributed by atoms with E-state index in [2.05, 4.69) is 27.5 Å². The van der Waals surface area contributed by atoms with Crippen LogP contribution in [0.1, 0.15) is 31.0 Å². The molecule has 3 rings (SSSR count). The molecule has 6 nitrogen and oxygen atoms in total. The first-order valence-electron chi connectivity index (χ1n) is 8.80. The fourth-order valence-electron chi connectivity index (χ4n) is 2.73. The van der Waals surface area contributed by atoms with Gasteiger partial charge in [0.1, 0.15) is 11.6 Å². The fraction of sp³-hybridized carbons (Fsp3) is 0.190. The van der Waals surface area contributed by atoms with E-state index in [4.69, 9.17) is 0 Å². The molecule has 0 saturated heterocycles. The number of aromatic nitrogens is 2. The maximum atomic E-state index is 12.4. The maximum Gasteiger partial charge on any atom is 0.263 e. The van der Waals surface area contributed by atoms with E-state index in [0.29, 0.717) is 0 Å². The van der Waals surface area contributed by atoms with Gasteiger partial charge in [-0.05, 0) is 42.7 Å². The van der Waals surface area contributed by atoms with E-state index < -0.39 is 5.91 Å². The van der Waals surface area contributed by atoms with Crippen LogP contribution >= 0.6 is 0 Å². The summed E-state index contributed by atoms with van der Waals surface area (Å²) in [7, 11) is 0. The Morgan fingerprint density at radius 2 is 2.07 bits per heavy atom. The lowest BCUT2D eigenvalue weighted by Gasteiger charge is -2.14. The molecule has 3 aromatic rings. The topological polar surface area (TPSA) is 93.6 Å². The van der Waals surface area contributed by atoms with Crippen molar-refractivity contribution < 1.29 is 4.79 Å². The monoisotopic (exact) mass is 359 g/mol. The van der Waals surface area contributed by atoms with Gasteiger partial charge in [0.25, 0.3) is 5.91 Å². The lowest BCUT2D eigenvalue weighted by molar-refractivity contribution is -0.117. The molecule has 0 aliphatic rings. The molecule has 0 fully saturated rings. The maximum absolute atomic E-state index is 12.4. The number of anilines is 1. The van der Waals surface area contributed by atoms with Gasteiger partial charge in [0.15, 0.2) is 0 Å². The zero-order chi connectivity index (χ0) is 19.2. The summed E-state index contributed by atoms with van der Waals surface area (Å²) in [6.45, 7) is 3.99. The minimum atomic E-state index is -0.417. The molecule has 0 spiro atoms.